The summed E-state index contributed by atoms with van der Waals surface area (Å²) in [5, 5.41) is 18.4. The van der Waals surface area contributed by atoms with Crippen LogP contribution in [0, 0.1) is 10.1 Å². The topological polar surface area (TPSA) is 84.3 Å². The van der Waals surface area contributed by atoms with Crippen molar-refractivity contribution in [1.29, 1.82) is 0 Å². The lowest BCUT2D eigenvalue weighted by molar-refractivity contribution is -0.384. The zero-order chi connectivity index (χ0) is 22.4. The molecule has 3 rings (SSSR count). The number of benzene rings is 3. The van der Waals surface area contributed by atoms with E-state index in [1.807, 2.05) is 37.3 Å². The molecule has 0 aliphatic rings. The molecule has 0 heterocycles. The number of hydrogen-bond acceptors (Lipinski definition) is 4. The quantitative estimate of drug-likeness (QED) is 0.302. The fourth-order valence-electron chi connectivity index (χ4n) is 3.17. The largest absolute Gasteiger partial charge is 0.375 e. The minimum atomic E-state index is -0.511. The van der Waals surface area contributed by atoms with Crippen LogP contribution >= 0.6 is 23.2 Å². The molecular formula is C23H21Cl2N3O3. The van der Waals surface area contributed by atoms with E-state index in [0.29, 0.717) is 28.7 Å². The monoisotopic (exact) mass is 457 g/mol. The van der Waals surface area contributed by atoms with Gasteiger partial charge in [-0.1, -0.05) is 66.5 Å². The number of carbonyl (C=O) groups excluding carboxylic acids is 1. The van der Waals surface area contributed by atoms with Gasteiger partial charge in [-0.25, -0.2) is 0 Å². The molecule has 0 saturated heterocycles. The van der Waals surface area contributed by atoms with Crippen molar-refractivity contribution in [3.8, 4) is 0 Å². The number of rotatable bonds is 8. The molecule has 1 unspecified atom stereocenters. The van der Waals surface area contributed by atoms with Crippen LogP contribution in [0.15, 0.2) is 66.7 Å². The van der Waals surface area contributed by atoms with Crippen LogP contribution < -0.4 is 10.6 Å². The molecule has 6 nitrogen and oxygen atoms in total. The number of nitro benzene ring substituents is 1. The maximum atomic E-state index is 12.7. The van der Waals surface area contributed by atoms with Crippen molar-refractivity contribution in [2.24, 2.45) is 0 Å². The zero-order valence-electron chi connectivity index (χ0n) is 16.8. The molecule has 8 heteroatoms. The van der Waals surface area contributed by atoms with Crippen LogP contribution in [-0.4, -0.2) is 10.8 Å². The minimum Gasteiger partial charge on any atom is -0.375 e. The molecule has 0 aliphatic carbocycles. The lowest BCUT2D eigenvalue weighted by atomic mass is 10.0. The van der Waals surface area contributed by atoms with E-state index in [1.54, 1.807) is 24.3 Å². The van der Waals surface area contributed by atoms with Gasteiger partial charge in [0, 0.05) is 18.2 Å². The van der Waals surface area contributed by atoms with Crippen LogP contribution in [0.1, 0.15) is 40.9 Å². The van der Waals surface area contributed by atoms with Crippen LogP contribution in [0.25, 0.3) is 0 Å². The second-order valence-electron chi connectivity index (χ2n) is 6.94. The SMILES string of the molecule is CCC(NC(=O)c1ccc(NCc2ccc(Cl)c(Cl)c2)c([N+](=O)[O-])c1)c1ccccc1. The number of amides is 1. The molecule has 0 fully saturated rings. The van der Waals surface area contributed by atoms with Gasteiger partial charge in [-0.15, -0.1) is 0 Å². The van der Waals surface area contributed by atoms with Gasteiger partial charge in [0.15, 0.2) is 0 Å². The fraction of sp³-hybridized carbons (Fsp3) is 0.174. The van der Waals surface area contributed by atoms with Crippen molar-refractivity contribution < 1.29 is 9.72 Å². The summed E-state index contributed by atoms with van der Waals surface area (Å²) in [6.45, 7) is 2.28. The van der Waals surface area contributed by atoms with E-state index >= 15 is 0 Å². The van der Waals surface area contributed by atoms with Crippen molar-refractivity contribution in [3.63, 3.8) is 0 Å². The van der Waals surface area contributed by atoms with Crippen molar-refractivity contribution in [2.45, 2.75) is 25.9 Å². The Morgan fingerprint density at radius 2 is 1.77 bits per heavy atom. The average Bonchev–Trinajstić information content (AvgIpc) is 2.78. The van der Waals surface area contributed by atoms with Gasteiger partial charge >= 0.3 is 0 Å². The van der Waals surface area contributed by atoms with Crippen LogP contribution in [0.3, 0.4) is 0 Å². The first kappa shape index (κ1) is 22.6. The standard InChI is InChI=1S/C23H21Cl2N3O3/c1-2-20(16-6-4-3-5-7-16)27-23(29)17-9-11-21(22(13-17)28(30)31)26-14-15-8-10-18(24)19(25)12-15/h3-13,20,26H,2,14H2,1H3,(H,27,29). The summed E-state index contributed by atoms with van der Waals surface area (Å²) >= 11 is 11.9. The van der Waals surface area contributed by atoms with Crippen LogP contribution in [0.4, 0.5) is 11.4 Å². The highest BCUT2D eigenvalue weighted by molar-refractivity contribution is 6.42. The Bertz CT molecular complexity index is 1090. The molecule has 1 atom stereocenters. The summed E-state index contributed by atoms with van der Waals surface area (Å²) in [4.78, 5) is 23.8. The van der Waals surface area contributed by atoms with Crippen LogP contribution in [0.5, 0.6) is 0 Å². The van der Waals surface area contributed by atoms with Gasteiger partial charge in [0.05, 0.1) is 21.0 Å². The predicted octanol–water partition coefficient (Wildman–Crippen LogP) is 6.39. The smallest absolute Gasteiger partial charge is 0.293 e. The molecule has 2 N–H and O–H groups in total. The third-order valence-corrected chi connectivity index (χ3v) is 5.58. The zero-order valence-corrected chi connectivity index (χ0v) is 18.3. The number of carbonyl (C=O) groups is 1. The van der Waals surface area contributed by atoms with Crippen molar-refractivity contribution >= 4 is 40.5 Å². The second kappa shape index (κ2) is 10.3. The number of nitrogens with zero attached hydrogens (tertiary/aromatic N) is 1. The van der Waals surface area contributed by atoms with Gasteiger partial charge in [0.25, 0.3) is 11.6 Å². The number of anilines is 1. The van der Waals surface area contributed by atoms with Crippen molar-refractivity contribution in [2.75, 3.05) is 5.32 Å². The summed E-state index contributed by atoms with van der Waals surface area (Å²) in [7, 11) is 0. The van der Waals surface area contributed by atoms with E-state index < -0.39 is 4.92 Å². The molecule has 0 bridgehead atoms. The van der Waals surface area contributed by atoms with Crippen molar-refractivity contribution in [3.05, 3.63) is 104 Å². The molecule has 31 heavy (non-hydrogen) atoms. The maximum absolute atomic E-state index is 12.7. The highest BCUT2D eigenvalue weighted by atomic mass is 35.5. The van der Waals surface area contributed by atoms with E-state index in [9.17, 15) is 14.9 Å². The molecule has 3 aromatic rings. The third-order valence-electron chi connectivity index (χ3n) is 4.84. The first-order valence-corrected chi connectivity index (χ1v) is 10.5. The highest BCUT2D eigenvalue weighted by Crippen LogP contribution is 2.28. The average molecular weight is 458 g/mol. The van der Waals surface area contributed by atoms with Gasteiger partial charge in [-0.05, 0) is 41.8 Å². The summed E-state index contributed by atoms with van der Waals surface area (Å²) < 4.78 is 0. The summed E-state index contributed by atoms with van der Waals surface area (Å²) in [6.07, 6.45) is 0.696. The maximum Gasteiger partial charge on any atom is 0.293 e. The lowest BCUT2D eigenvalue weighted by Crippen LogP contribution is -2.28. The molecular weight excluding hydrogens is 437 g/mol. The van der Waals surface area contributed by atoms with Gasteiger partial charge < -0.3 is 10.6 Å². The first-order chi connectivity index (χ1) is 14.9. The number of hydrogen-bond donors (Lipinski definition) is 2. The Labute approximate surface area is 190 Å². The Morgan fingerprint density at radius 3 is 2.42 bits per heavy atom. The Kier molecular flexibility index (Phi) is 7.50. The van der Waals surface area contributed by atoms with Gasteiger partial charge in [0.2, 0.25) is 0 Å². The summed E-state index contributed by atoms with van der Waals surface area (Å²) in [5.41, 5.74) is 2.15. The van der Waals surface area contributed by atoms with E-state index in [4.69, 9.17) is 23.2 Å². The third kappa shape index (κ3) is 5.75. The Balaban J connectivity index is 1.76. The van der Waals surface area contributed by atoms with Gasteiger partial charge in [-0.2, -0.15) is 0 Å². The molecule has 0 saturated carbocycles. The molecule has 3 aromatic carbocycles. The number of nitro groups is 1. The van der Waals surface area contributed by atoms with E-state index in [0.717, 1.165) is 11.1 Å². The number of nitrogens with one attached hydrogen (secondary N) is 2. The Hall–Kier alpha value is -3.09. The van der Waals surface area contributed by atoms with Crippen LogP contribution in [-0.2, 0) is 6.54 Å². The second-order valence-corrected chi connectivity index (χ2v) is 7.75. The van der Waals surface area contributed by atoms with Crippen molar-refractivity contribution in [1.82, 2.24) is 5.32 Å². The van der Waals surface area contributed by atoms with E-state index in [1.165, 1.54) is 12.1 Å². The number of halogens is 2. The minimum absolute atomic E-state index is 0.180. The van der Waals surface area contributed by atoms with E-state index in [-0.39, 0.29) is 23.2 Å². The summed E-state index contributed by atoms with van der Waals surface area (Å²) in [5.74, 6) is -0.366. The van der Waals surface area contributed by atoms with Gasteiger partial charge in [0.1, 0.15) is 5.69 Å². The molecule has 1 amide bonds. The molecule has 0 radical (unpaired) electrons. The normalized spacial score (nSPS) is 11.6. The summed E-state index contributed by atoms with van der Waals surface area (Å²) in [6, 6.07) is 18.9. The van der Waals surface area contributed by atoms with Crippen LogP contribution in [0.2, 0.25) is 10.0 Å². The lowest BCUT2D eigenvalue weighted by Gasteiger charge is -2.17. The molecule has 0 aliphatic heterocycles. The molecule has 0 aromatic heterocycles. The fourth-order valence-corrected chi connectivity index (χ4v) is 3.49. The molecule has 0 spiro atoms. The molecule has 160 valence electrons. The first-order valence-electron chi connectivity index (χ1n) is 9.71. The highest BCUT2D eigenvalue weighted by Gasteiger charge is 2.20. The van der Waals surface area contributed by atoms with Gasteiger partial charge in [-0.3, -0.25) is 14.9 Å². The predicted molar refractivity (Wildman–Crippen MR) is 124 cm³/mol. The Morgan fingerprint density at radius 1 is 1.03 bits per heavy atom. The van der Waals surface area contributed by atoms with E-state index in [2.05, 4.69) is 10.6 Å².